The van der Waals surface area contributed by atoms with E-state index in [1.165, 1.54) is 24.2 Å². The second-order valence-corrected chi connectivity index (χ2v) is 8.71. The van der Waals surface area contributed by atoms with Gasteiger partial charge in [-0.05, 0) is 30.2 Å². The van der Waals surface area contributed by atoms with Crippen LogP contribution in [-0.4, -0.2) is 34.2 Å². The van der Waals surface area contributed by atoms with Crippen LogP contribution in [0.25, 0.3) is 0 Å². The highest BCUT2D eigenvalue weighted by atomic mass is 16.6. The van der Waals surface area contributed by atoms with Crippen LogP contribution in [0.1, 0.15) is 64.4 Å². The van der Waals surface area contributed by atoms with Gasteiger partial charge in [0, 0.05) is 5.92 Å². The number of aliphatic hydroxyl groups excluding tert-OH is 1. The van der Waals surface area contributed by atoms with E-state index in [4.69, 9.17) is 4.74 Å². The summed E-state index contributed by atoms with van der Waals surface area (Å²) in [7, 11) is 0. The topological polar surface area (TPSA) is 66.8 Å². The quantitative estimate of drug-likeness (QED) is 0.806. The number of nitrogens with zero attached hydrogens (tertiary/aromatic N) is 1. The highest BCUT2D eigenvalue weighted by molar-refractivity contribution is 5.94. The monoisotopic (exact) mass is 387 g/mol. The van der Waals surface area contributed by atoms with Crippen molar-refractivity contribution in [1.82, 2.24) is 4.90 Å². The minimum Gasteiger partial charge on any atom is -0.444 e. The molecule has 0 spiro atoms. The van der Waals surface area contributed by atoms with E-state index in [0.717, 1.165) is 18.4 Å². The fourth-order valence-corrected chi connectivity index (χ4v) is 4.63. The molecule has 1 N–H and O–H groups in total. The fourth-order valence-electron chi connectivity index (χ4n) is 4.63. The number of amides is 2. The van der Waals surface area contributed by atoms with Gasteiger partial charge in [0.1, 0.15) is 6.61 Å². The van der Waals surface area contributed by atoms with Gasteiger partial charge in [0.15, 0.2) is 0 Å². The average Bonchev–Trinajstić information content (AvgIpc) is 2.70. The van der Waals surface area contributed by atoms with Crippen LogP contribution in [0.4, 0.5) is 4.79 Å². The number of ether oxygens (including phenoxy) is 1. The number of hydrogen-bond acceptors (Lipinski definition) is 4. The molecule has 3 atom stereocenters. The second-order valence-electron chi connectivity index (χ2n) is 8.71. The number of piperidine rings is 1. The lowest BCUT2D eigenvalue weighted by Gasteiger charge is -2.43. The van der Waals surface area contributed by atoms with Crippen molar-refractivity contribution < 1.29 is 19.4 Å². The minimum atomic E-state index is -0.684. The summed E-state index contributed by atoms with van der Waals surface area (Å²) in [5.74, 6) is -0.00974. The molecule has 28 heavy (non-hydrogen) atoms. The zero-order valence-electron chi connectivity index (χ0n) is 17.0. The zero-order chi connectivity index (χ0) is 20.1. The Bertz CT molecular complexity index is 654. The SMILES string of the molecule is CC(C)[C@@H]1C[C@H](O)[C@H](CC2CCCCC2)N(C(=O)OCc2ccccc2)C1=O. The van der Waals surface area contributed by atoms with Crippen LogP contribution in [-0.2, 0) is 16.1 Å². The van der Waals surface area contributed by atoms with E-state index in [2.05, 4.69) is 0 Å². The van der Waals surface area contributed by atoms with Crippen molar-refractivity contribution in [3.05, 3.63) is 35.9 Å². The molecule has 0 bridgehead atoms. The Morgan fingerprint density at radius 1 is 1.18 bits per heavy atom. The van der Waals surface area contributed by atoms with Crippen molar-refractivity contribution in [3.8, 4) is 0 Å². The Morgan fingerprint density at radius 2 is 1.86 bits per heavy atom. The van der Waals surface area contributed by atoms with Crippen LogP contribution in [0.2, 0.25) is 0 Å². The number of carbonyl (C=O) groups is 2. The number of likely N-dealkylation sites (tertiary alicyclic amines) is 1. The molecule has 1 aliphatic carbocycles. The van der Waals surface area contributed by atoms with Crippen molar-refractivity contribution in [1.29, 1.82) is 0 Å². The molecule has 0 radical (unpaired) electrons. The second kappa shape index (κ2) is 9.55. The van der Waals surface area contributed by atoms with Gasteiger partial charge in [0.25, 0.3) is 0 Å². The van der Waals surface area contributed by atoms with E-state index in [9.17, 15) is 14.7 Å². The third-order valence-electron chi connectivity index (χ3n) is 6.33. The maximum absolute atomic E-state index is 13.1. The van der Waals surface area contributed by atoms with Gasteiger partial charge in [0.2, 0.25) is 5.91 Å². The normalized spacial score (nSPS) is 26.5. The van der Waals surface area contributed by atoms with Crippen LogP contribution >= 0.6 is 0 Å². The van der Waals surface area contributed by atoms with Gasteiger partial charge in [-0.2, -0.15) is 0 Å². The predicted molar refractivity (Wildman–Crippen MR) is 107 cm³/mol. The van der Waals surface area contributed by atoms with Gasteiger partial charge < -0.3 is 9.84 Å². The van der Waals surface area contributed by atoms with Gasteiger partial charge in [0.05, 0.1) is 12.1 Å². The van der Waals surface area contributed by atoms with Gasteiger partial charge in [-0.3, -0.25) is 4.79 Å². The first-order valence-electron chi connectivity index (χ1n) is 10.7. The summed E-state index contributed by atoms with van der Waals surface area (Å²) in [6.07, 6.45) is 5.64. The molecule has 1 saturated carbocycles. The molecule has 1 aromatic rings. The van der Waals surface area contributed by atoms with Crippen LogP contribution in [0.15, 0.2) is 30.3 Å². The first-order valence-corrected chi connectivity index (χ1v) is 10.7. The Labute approximate surface area is 168 Å². The molecular formula is C23H33NO4. The van der Waals surface area contributed by atoms with Gasteiger partial charge in [-0.1, -0.05) is 76.3 Å². The first kappa shape index (κ1) is 20.8. The van der Waals surface area contributed by atoms with E-state index in [1.807, 2.05) is 44.2 Å². The Kier molecular flexibility index (Phi) is 7.11. The van der Waals surface area contributed by atoms with E-state index in [-0.39, 0.29) is 24.3 Å². The van der Waals surface area contributed by atoms with Crippen molar-refractivity contribution in [2.24, 2.45) is 17.8 Å². The predicted octanol–water partition coefficient (Wildman–Crippen LogP) is 4.53. The van der Waals surface area contributed by atoms with Crippen LogP contribution in [0, 0.1) is 17.8 Å². The largest absolute Gasteiger partial charge is 0.444 e. The highest BCUT2D eigenvalue weighted by Gasteiger charge is 2.46. The standard InChI is InChI=1S/C23H33NO4/c1-16(2)19-14-21(25)20(13-17-9-5-3-6-10-17)24(22(19)26)23(27)28-15-18-11-7-4-8-12-18/h4,7-8,11-12,16-17,19-21,25H,3,5-6,9-10,13-15H2,1-2H3/t19-,20-,21-/m0/s1. The van der Waals surface area contributed by atoms with Crippen molar-refractivity contribution in [2.75, 3.05) is 0 Å². The number of carbonyl (C=O) groups excluding carboxylic acids is 2. The number of benzene rings is 1. The molecule has 5 nitrogen and oxygen atoms in total. The molecule has 5 heteroatoms. The molecule has 0 aromatic heterocycles. The molecule has 1 saturated heterocycles. The van der Waals surface area contributed by atoms with Crippen molar-refractivity contribution >= 4 is 12.0 Å². The zero-order valence-corrected chi connectivity index (χ0v) is 17.0. The summed E-state index contributed by atoms with van der Waals surface area (Å²) < 4.78 is 5.49. The molecule has 3 rings (SSSR count). The molecule has 0 unspecified atom stereocenters. The van der Waals surface area contributed by atoms with Crippen LogP contribution in [0.5, 0.6) is 0 Å². The van der Waals surface area contributed by atoms with Gasteiger partial charge in [-0.25, -0.2) is 9.69 Å². The lowest BCUT2D eigenvalue weighted by atomic mass is 9.77. The number of rotatable bonds is 5. The van der Waals surface area contributed by atoms with E-state index >= 15 is 0 Å². The molecular weight excluding hydrogens is 354 g/mol. The molecule has 1 heterocycles. The Hall–Kier alpha value is -1.88. The molecule has 2 aliphatic rings. The molecule has 1 aliphatic heterocycles. The summed E-state index contributed by atoms with van der Waals surface area (Å²) in [5.41, 5.74) is 0.880. The highest BCUT2D eigenvalue weighted by Crippen LogP contribution is 2.36. The molecule has 2 fully saturated rings. The summed E-state index contributed by atoms with van der Waals surface area (Å²) in [6, 6.07) is 8.98. The van der Waals surface area contributed by atoms with Crippen molar-refractivity contribution in [3.63, 3.8) is 0 Å². The molecule has 154 valence electrons. The summed E-state index contributed by atoms with van der Waals surface area (Å²) in [5, 5.41) is 10.8. The minimum absolute atomic E-state index is 0.0715. The fraction of sp³-hybridized carbons (Fsp3) is 0.652. The Balaban J connectivity index is 1.75. The maximum atomic E-state index is 13.1. The van der Waals surface area contributed by atoms with Gasteiger partial charge in [-0.15, -0.1) is 0 Å². The lowest BCUT2D eigenvalue weighted by molar-refractivity contribution is -0.148. The number of hydrogen-bond donors (Lipinski definition) is 1. The lowest BCUT2D eigenvalue weighted by Crippen LogP contribution is -2.58. The molecule has 1 aromatic carbocycles. The van der Waals surface area contributed by atoms with E-state index in [0.29, 0.717) is 18.8 Å². The summed E-state index contributed by atoms with van der Waals surface area (Å²) >= 11 is 0. The van der Waals surface area contributed by atoms with Gasteiger partial charge >= 0.3 is 6.09 Å². The van der Waals surface area contributed by atoms with Crippen molar-refractivity contribution in [2.45, 2.75) is 77.5 Å². The number of imide groups is 1. The van der Waals surface area contributed by atoms with E-state index < -0.39 is 18.2 Å². The average molecular weight is 388 g/mol. The van der Waals surface area contributed by atoms with Crippen LogP contribution in [0.3, 0.4) is 0 Å². The first-order chi connectivity index (χ1) is 13.5. The van der Waals surface area contributed by atoms with E-state index in [1.54, 1.807) is 0 Å². The summed E-state index contributed by atoms with van der Waals surface area (Å²) in [6.45, 7) is 4.05. The molecule has 2 amide bonds. The third-order valence-corrected chi connectivity index (χ3v) is 6.33. The maximum Gasteiger partial charge on any atom is 0.417 e. The number of aliphatic hydroxyl groups is 1. The third kappa shape index (κ3) is 4.93. The smallest absolute Gasteiger partial charge is 0.417 e. The van der Waals surface area contributed by atoms with Crippen LogP contribution < -0.4 is 0 Å². The Morgan fingerprint density at radius 3 is 2.50 bits per heavy atom. The summed E-state index contributed by atoms with van der Waals surface area (Å²) in [4.78, 5) is 27.3.